The second-order valence-corrected chi connectivity index (χ2v) is 5.31. The molecule has 1 amide bonds. The van der Waals surface area contributed by atoms with Gasteiger partial charge in [0.15, 0.2) is 0 Å². The van der Waals surface area contributed by atoms with E-state index in [2.05, 4.69) is 17.4 Å². The van der Waals surface area contributed by atoms with Gasteiger partial charge in [-0.15, -0.1) is 0 Å². The summed E-state index contributed by atoms with van der Waals surface area (Å²) in [6, 6.07) is 8.15. The van der Waals surface area contributed by atoms with Crippen LogP contribution in [-0.4, -0.2) is 32.2 Å². The average molecular weight is 260 g/mol. The fraction of sp³-hybridized carbons (Fsp3) is 0.533. The number of hydrogen-bond acceptors (Lipinski definition) is 3. The maximum absolute atomic E-state index is 11.7. The highest BCUT2D eigenvalue weighted by atomic mass is 16.5. The Morgan fingerprint density at radius 3 is 2.79 bits per heavy atom. The number of nitrogens with zero attached hydrogens (tertiary/aromatic N) is 1. The molecule has 0 saturated carbocycles. The number of amides is 1. The van der Waals surface area contributed by atoms with Crippen molar-refractivity contribution in [2.24, 2.45) is 5.92 Å². The number of carbonyl (C=O) groups excluding carboxylic acids is 1. The van der Waals surface area contributed by atoms with Crippen molar-refractivity contribution >= 4 is 17.3 Å². The van der Waals surface area contributed by atoms with Crippen molar-refractivity contribution in [1.29, 1.82) is 0 Å². The minimum Gasteiger partial charge on any atom is -0.385 e. The summed E-state index contributed by atoms with van der Waals surface area (Å²) in [5.41, 5.74) is 2.12. The number of benzene rings is 1. The highest BCUT2D eigenvalue weighted by Gasteiger charge is 2.21. The molecule has 2 aliphatic rings. The van der Waals surface area contributed by atoms with E-state index < -0.39 is 0 Å². The van der Waals surface area contributed by atoms with Gasteiger partial charge in [-0.05, 0) is 37.1 Å². The Morgan fingerprint density at radius 1 is 1.32 bits per heavy atom. The molecule has 1 unspecified atom stereocenters. The summed E-state index contributed by atoms with van der Waals surface area (Å²) >= 11 is 0. The van der Waals surface area contributed by atoms with Gasteiger partial charge in [-0.1, -0.05) is 0 Å². The minimum absolute atomic E-state index is 0.240. The highest BCUT2D eigenvalue weighted by molar-refractivity contribution is 5.95. The van der Waals surface area contributed by atoms with E-state index in [-0.39, 0.29) is 5.91 Å². The zero-order valence-electron chi connectivity index (χ0n) is 11.1. The van der Waals surface area contributed by atoms with E-state index >= 15 is 0 Å². The van der Waals surface area contributed by atoms with Crippen molar-refractivity contribution in [2.75, 3.05) is 36.5 Å². The molecule has 2 aliphatic heterocycles. The van der Waals surface area contributed by atoms with Gasteiger partial charge in [0.05, 0.1) is 6.61 Å². The molecule has 3 rings (SSSR count). The largest absolute Gasteiger partial charge is 0.385 e. The van der Waals surface area contributed by atoms with E-state index in [9.17, 15) is 4.79 Å². The zero-order chi connectivity index (χ0) is 13.1. The maximum atomic E-state index is 11.7. The summed E-state index contributed by atoms with van der Waals surface area (Å²) in [5, 5.41) is 3.43. The molecule has 102 valence electrons. The standard InChI is InChI=1S/C15H20N2O2/c18-15-2-1-8-17(15)14-5-3-13(4-6-14)16-10-12-7-9-19-11-12/h3-6,12,16H,1-2,7-11H2. The molecule has 2 saturated heterocycles. The number of nitrogens with one attached hydrogen (secondary N) is 1. The van der Waals surface area contributed by atoms with Gasteiger partial charge in [0, 0.05) is 43.4 Å². The van der Waals surface area contributed by atoms with Gasteiger partial charge in [-0.2, -0.15) is 0 Å². The van der Waals surface area contributed by atoms with E-state index in [1.807, 2.05) is 17.0 Å². The van der Waals surface area contributed by atoms with Crippen LogP contribution < -0.4 is 10.2 Å². The van der Waals surface area contributed by atoms with Crippen molar-refractivity contribution in [3.05, 3.63) is 24.3 Å². The smallest absolute Gasteiger partial charge is 0.227 e. The predicted molar refractivity (Wildman–Crippen MR) is 75.4 cm³/mol. The third-order valence-corrected chi connectivity index (χ3v) is 3.87. The third-order valence-electron chi connectivity index (χ3n) is 3.87. The molecule has 0 bridgehead atoms. The fourth-order valence-electron chi connectivity index (χ4n) is 2.69. The van der Waals surface area contributed by atoms with Crippen LogP contribution in [0.25, 0.3) is 0 Å². The summed E-state index contributed by atoms with van der Waals surface area (Å²) in [7, 11) is 0. The van der Waals surface area contributed by atoms with Crippen molar-refractivity contribution in [1.82, 2.24) is 0 Å². The van der Waals surface area contributed by atoms with Gasteiger partial charge >= 0.3 is 0 Å². The Balaban J connectivity index is 1.57. The van der Waals surface area contributed by atoms with Crippen LogP contribution in [0.2, 0.25) is 0 Å². The summed E-state index contributed by atoms with van der Waals surface area (Å²) in [5.74, 6) is 0.864. The Morgan fingerprint density at radius 2 is 2.16 bits per heavy atom. The van der Waals surface area contributed by atoms with Crippen LogP contribution in [0, 0.1) is 5.92 Å². The first kappa shape index (κ1) is 12.5. The molecule has 0 aromatic heterocycles. The van der Waals surface area contributed by atoms with Crippen LogP contribution in [0.3, 0.4) is 0 Å². The number of anilines is 2. The predicted octanol–water partition coefficient (Wildman–Crippen LogP) is 2.26. The Bertz CT molecular complexity index is 438. The first-order chi connectivity index (χ1) is 9.33. The molecule has 0 spiro atoms. The number of hydrogen-bond donors (Lipinski definition) is 1. The second kappa shape index (κ2) is 5.61. The van der Waals surface area contributed by atoms with E-state index in [0.717, 1.165) is 50.5 Å². The molecule has 1 aromatic rings. The van der Waals surface area contributed by atoms with Gasteiger partial charge in [-0.25, -0.2) is 0 Å². The van der Waals surface area contributed by atoms with Gasteiger partial charge in [0.25, 0.3) is 0 Å². The molecule has 1 N–H and O–H groups in total. The average Bonchev–Trinajstić information content (AvgIpc) is 3.08. The summed E-state index contributed by atoms with van der Waals surface area (Å²) in [6.45, 7) is 3.57. The van der Waals surface area contributed by atoms with Crippen LogP contribution in [0.15, 0.2) is 24.3 Å². The lowest BCUT2D eigenvalue weighted by atomic mass is 10.1. The third kappa shape index (κ3) is 2.89. The van der Waals surface area contributed by atoms with Crippen molar-refractivity contribution < 1.29 is 9.53 Å². The maximum Gasteiger partial charge on any atom is 0.227 e. The normalized spacial score (nSPS) is 23.1. The topological polar surface area (TPSA) is 41.6 Å². The van der Waals surface area contributed by atoms with Crippen LogP contribution in [0.4, 0.5) is 11.4 Å². The first-order valence-electron chi connectivity index (χ1n) is 7.05. The van der Waals surface area contributed by atoms with Crippen molar-refractivity contribution in [2.45, 2.75) is 19.3 Å². The molecule has 1 atom stereocenters. The fourth-order valence-corrected chi connectivity index (χ4v) is 2.69. The SMILES string of the molecule is O=C1CCCN1c1ccc(NCC2CCOC2)cc1. The summed E-state index contributed by atoms with van der Waals surface area (Å²) in [6.07, 6.45) is 2.80. The molecule has 19 heavy (non-hydrogen) atoms. The van der Waals surface area contributed by atoms with E-state index in [4.69, 9.17) is 4.74 Å². The van der Waals surface area contributed by atoms with Crippen molar-refractivity contribution in [3.8, 4) is 0 Å². The molecule has 4 nitrogen and oxygen atoms in total. The zero-order valence-corrected chi connectivity index (χ0v) is 11.1. The minimum atomic E-state index is 0.240. The number of rotatable bonds is 4. The second-order valence-electron chi connectivity index (χ2n) is 5.31. The number of carbonyl (C=O) groups is 1. The molecule has 2 heterocycles. The lowest BCUT2D eigenvalue weighted by molar-refractivity contribution is -0.117. The lowest BCUT2D eigenvalue weighted by Gasteiger charge is -2.16. The molecule has 0 radical (unpaired) electrons. The van der Waals surface area contributed by atoms with Crippen LogP contribution in [-0.2, 0) is 9.53 Å². The summed E-state index contributed by atoms with van der Waals surface area (Å²) in [4.78, 5) is 13.5. The molecule has 1 aromatic carbocycles. The van der Waals surface area contributed by atoms with Crippen LogP contribution in [0.5, 0.6) is 0 Å². The monoisotopic (exact) mass is 260 g/mol. The highest BCUT2D eigenvalue weighted by Crippen LogP contribution is 2.23. The molecule has 0 aliphatic carbocycles. The molecule has 4 heteroatoms. The van der Waals surface area contributed by atoms with E-state index in [1.165, 1.54) is 0 Å². The van der Waals surface area contributed by atoms with E-state index in [1.54, 1.807) is 0 Å². The Labute approximate surface area is 113 Å². The summed E-state index contributed by atoms with van der Waals surface area (Å²) < 4.78 is 5.36. The van der Waals surface area contributed by atoms with Gasteiger partial charge in [0.2, 0.25) is 5.91 Å². The van der Waals surface area contributed by atoms with Gasteiger partial charge in [0.1, 0.15) is 0 Å². The molecular weight excluding hydrogens is 240 g/mol. The quantitative estimate of drug-likeness (QED) is 0.903. The van der Waals surface area contributed by atoms with Crippen molar-refractivity contribution in [3.63, 3.8) is 0 Å². The molecule has 2 fully saturated rings. The molecular formula is C15H20N2O2. The van der Waals surface area contributed by atoms with Crippen LogP contribution >= 0.6 is 0 Å². The number of ether oxygens (including phenoxy) is 1. The van der Waals surface area contributed by atoms with Gasteiger partial charge < -0.3 is 15.0 Å². The first-order valence-corrected chi connectivity index (χ1v) is 7.05. The lowest BCUT2D eigenvalue weighted by Crippen LogP contribution is -2.23. The van der Waals surface area contributed by atoms with E-state index in [0.29, 0.717) is 12.3 Å². The Hall–Kier alpha value is -1.55. The van der Waals surface area contributed by atoms with Crippen LogP contribution in [0.1, 0.15) is 19.3 Å². The Kier molecular flexibility index (Phi) is 3.69. The van der Waals surface area contributed by atoms with Gasteiger partial charge in [-0.3, -0.25) is 4.79 Å².